The molecule has 1 aromatic carbocycles. The molecule has 1 aromatic rings. The number of halogens is 1. The summed E-state index contributed by atoms with van der Waals surface area (Å²) in [6, 6.07) is 6.84. The van der Waals surface area contributed by atoms with Crippen molar-refractivity contribution < 1.29 is 9.53 Å². The number of hydrogen-bond acceptors (Lipinski definition) is 3. The Morgan fingerprint density at radius 2 is 2.33 bits per heavy atom. The second kappa shape index (κ2) is 5.38. The van der Waals surface area contributed by atoms with Gasteiger partial charge in [-0.2, -0.15) is 5.26 Å². The molecule has 0 saturated carbocycles. The van der Waals surface area contributed by atoms with Crippen LogP contribution in [0.1, 0.15) is 28.4 Å². The summed E-state index contributed by atoms with van der Waals surface area (Å²) < 4.78 is 4.96. The molecular formula is C13H13ClN2O2. The maximum atomic E-state index is 12.2. The first kappa shape index (κ1) is 12.9. The van der Waals surface area contributed by atoms with Gasteiger partial charge in [0.1, 0.15) is 6.04 Å². The van der Waals surface area contributed by atoms with E-state index < -0.39 is 6.04 Å². The standard InChI is InChI=1S/C13H13ClN2O2/c1-18-7-3-6-16-11(8-15)9-4-2-5-10(14)12(9)13(16)17/h2,4-5,11H,3,6-7H2,1H3. The Hall–Kier alpha value is -1.57. The highest BCUT2D eigenvalue weighted by Crippen LogP contribution is 2.36. The fourth-order valence-electron chi connectivity index (χ4n) is 2.17. The molecule has 0 bridgehead atoms. The number of ether oxygens (including phenoxy) is 1. The van der Waals surface area contributed by atoms with Gasteiger partial charge in [-0.15, -0.1) is 0 Å². The summed E-state index contributed by atoms with van der Waals surface area (Å²) in [6.45, 7) is 1.06. The van der Waals surface area contributed by atoms with Gasteiger partial charge in [-0.3, -0.25) is 4.79 Å². The minimum Gasteiger partial charge on any atom is -0.385 e. The van der Waals surface area contributed by atoms with Crippen LogP contribution in [0.4, 0.5) is 0 Å². The van der Waals surface area contributed by atoms with Gasteiger partial charge in [-0.1, -0.05) is 23.7 Å². The first-order valence-corrected chi connectivity index (χ1v) is 6.06. The van der Waals surface area contributed by atoms with Crippen molar-refractivity contribution in [2.24, 2.45) is 0 Å². The fraction of sp³-hybridized carbons (Fsp3) is 0.385. The van der Waals surface area contributed by atoms with Crippen molar-refractivity contribution in [2.75, 3.05) is 20.3 Å². The average Bonchev–Trinajstić information content (AvgIpc) is 2.64. The monoisotopic (exact) mass is 264 g/mol. The van der Waals surface area contributed by atoms with E-state index in [4.69, 9.17) is 16.3 Å². The lowest BCUT2D eigenvalue weighted by atomic mass is 10.1. The summed E-state index contributed by atoms with van der Waals surface area (Å²) in [6.07, 6.45) is 0.700. The SMILES string of the molecule is COCCCN1C(=O)c2c(Cl)cccc2C1C#N. The highest BCUT2D eigenvalue weighted by atomic mass is 35.5. The predicted octanol–water partition coefficient (Wildman–Crippen LogP) is 2.40. The van der Waals surface area contributed by atoms with Gasteiger partial charge >= 0.3 is 0 Å². The van der Waals surface area contributed by atoms with E-state index in [1.807, 2.05) is 0 Å². The number of benzene rings is 1. The summed E-state index contributed by atoms with van der Waals surface area (Å²) in [5, 5.41) is 9.64. The number of carbonyl (C=O) groups excluding carboxylic acids is 1. The minimum atomic E-state index is -0.539. The normalized spacial score (nSPS) is 17.7. The Kier molecular flexibility index (Phi) is 3.85. The van der Waals surface area contributed by atoms with Gasteiger partial charge in [0.25, 0.3) is 5.91 Å². The number of fused-ring (bicyclic) bond motifs is 1. The van der Waals surface area contributed by atoms with Gasteiger partial charge in [0.15, 0.2) is 0 Å². The van der Waals surface area contributed by atoms with Gasteiger partial charge in [0.05, 0.1) is 16.7 Å². The number of carbonyl (C=O) groups is 1. The van der Waals surface area contributed by atoms with Crippen molar-refractivity contribution in [3.63, 3.8) is 0 Å². The zero-order valence-corrected chi connectivity index (χ0v) is 10.8. The summed E-state index contributed by atoms with van der Waals surface area (Å²) >= 11 is 6.03. The third-order valence-corrected chi connectivity index (χ3v) is 3.31. The van der Waals surface area contributed by atoms with E-state index in [-0.39, 0.29) is 5.91 Å². The zero-order chi connectivity index (χ0) is 13.1. The van der Waals surface area contributed by atoms with Crippen LogP contribution in [0.2, 0.25) is 5.02 Å². The lowest BCUT2D eigenvalue weighted by molar-refractivity contribution is 0.0738. The number of amides is 1. The fourth-order valence-corrected chi connectivity index (χ4v) is 2.43. The van der Waals surface area contributed by atoms with Crippen molar-refractivity contribution in [1.29, 1.82) is 5.26 Å². The Morgan fingerprint density at radius 1 is 1.56 bits per heavy atom. The molecule has 18 heavy (non-hydrogen) atoms. The summed E-state index contributed by atoms with van der Waals surface area (Å²) in [5.41, 5.74) is 1.16. The van der Waals surface area contributed by atoms with Crippen LogP contribution in [-0.2, 0) is 4.74 Å². The van der Waals surface area contributed by atoms with Gasteiger partial charge in [-0.25, -0.2) is 0 Å². The molecule has 1 amide bonds. The van der Waals surface area contributed by atoms with E-state index in [0.29, 0.717) is 35.7 Å². The lowest BCUT2D eigenvalue weighted by Gasteiger charge is -2.19. The van der Waals surface area contributed by atoms with Crippen LogP contribution in [0, 0.1) is 11.3 Å². The van der Waals surface area contributed by atoms with Crippen LogP contribution in [0.3, 0.4) is 0 Å². The van der Waals surface area contributed by atoms with Crippen LogP contribution >= 0.6 is 11.6 Å². The second-order valence-corrected chi connectivity index (χ2v) is 4.49. The zero-order valence-electron chi connectivity index (χ0n) is 10.0. The molecule has 0 spiro atoms. The molecule has 94 valence electrons. The molecule has 0 radical (unpaired) electrons. The molecule has 0 aromatic heterocycles. The molecule has 0 N–H and O–H groups in total. The largest absolute Gasteiger partial charge is 0.385 e. The third-order valence-electron chi connectivity index (χ3n) is 3.00. The van der Waals surface area contributed by atoms with Crippen LogP contribution in [-0.4, -0.2) is 31.1 Å². The van der Waals surface area contributed by atoms with Crippen LogP contribution in [0.5, 0.6) is 0 Å². The molecule has 1 unspecified atom stereocenters. The van der Waals surface area contributed by atoms with E-state index >= 15 is 0 Å². The van der Waals surface area contributed by atoms with Crippen molar-refractivity contribution in [1.82, 2.24) is 4.90 Å². The first-order chi connectivity index (χ1) is 8.70. The maximum absolute atomic E-state index is 12.2. The van der Waals surface area contributed by atoms with Gasteiger partial charge < -0.3 is 9.64 Å². The maximum Gasteiger partial charge on any atom is 0.257 e. The van der Waals surface area contributed by atoms with E-state index in [9.17, 15) is 10.1 Å². The number of rotatable bonds is 4. The molecule has 2 rings (SSSR count). The Bertz CT molecular complexity index is 510. The quantitative estimate of drug-likeness (QED) is 0.785. The minimum absolute atomic E-state index is 0.168. The number of methoxy groups -OCH3 is 1. The van der Waals surface area contributed by atoms with E-state index in [0.717, 1.165) is 0 Å². The van der Waals surface area contributed by atoms with Gasteiger partial charge in [0, 0.05) is 25.8 Å². The molecule has 0 aliphatic carbocycles. The third kappa shape index (κ3) is 2.07. The number of nitriles is 1. The van der Waals surface area contributed by atoms with Gasteiger partial charge in [-0.05, 0) is 12.5 Å². The first-order valence-electron chi connectivity index (χ1n) is 5.68. The molecule has 4 nitrogen and oxygen atoms in total. The molecule has 1 heterocycles. The molecule has 0 saturated heterocycles. The summed E-state index contributed by atoms with van der Waals surface area (Å²) in [7, 11) is 1.61. The average molecular weight is 265 g/mol. The summed E-state index contributed by atoms with van der Waals surface area (Å²) in [4.78, 5) is 13.8. The highest BCUT2D eigenvalue weighted by molar-refractivity contribution is 6.34. The van der Waals surface area contributed by atoms with Crippen LogP contribution in [0.15, 0.2) is 18.2 Å². The molecule has 1 aliphatic heterocycles. The van der Waals surface area contributed by atoms with E-state index in [2.05, 4.69) is 6.07 Å². The second-order valence-electron chi connectivity index (χ2n) is 4.08. The molecule has 5 heteroatoms. The van der Waals surface area contributed by atoms with Crippen molar-refractivity contribution >= 4 is 17.5 Å². The summed E-state index contributed by atoms with van der Waals surface area (Å²) in [5.74, 6) is -0.168. The topological polar surface area (TPSA) is 53.3 Å². The van der Waals surface area contributed by atoms with E-state index in [1.54, 1.807) is 30.2 Å². The molecular weight excluding hydrogens is 252 g/mol. The van der Waals surface area contributed by atoms with Crippen LogP contribution in [0.25, 0.3) is 0 Å². The number of nitrogens with zero attached hydrogens (tertiary/aromatic N) is 2. The van der Waals surface area contributed by atoms with Crippen LogP contribution < -0.4 is 0 Å². The smallest absolute Gasteiger partial charge is 0.257 e. The van der Waals surface area contributed by atoms with E-state index in [1.165, 1.54) is 0 Å². The van der Waals surface area contributed by atoms with Crippen molar-refractivity contribution in [3.8, 4) is 6.07 Å². The molecule has 0 fully saturated rings. The Morgan fingerprint density at radius 3 is 3.00 bits per heavy atom. The highest BCUT2D eigenvalue weighted by Gasteiger charge is 2.37. The number of hydrogen-bond donors (Lipinski definition) is 0. The Labute approximate surface area is 111 Å². The molecule has 1 atom stereocenters. The van der Waals surface area contributed by atoms with Crippen molar-refractivity contribution in [3.05, 3.63) is 34.3 Å². The predicted molar refractivity (Wildman–Crippen MR) is 67.3 cm³/mol. The van der Waals surface area contributed by atoms with Crippen molar-refractivity contribution in [2.45, 2.75) is 12.5 Å². The Balaban J connectivity index is 2.29. The lowest BCUT2D eigenvalue weighted by Crippen LogP contribution is -2.29. The molecule has 1 aliphatic rings. The van der Waals surface area contributed by atoms with Gasteiger partial charge in [0.2, 0.25) is 0 Å².